The van der Waals surface area contributed by atoms with E-state index in [1.807, 2.05) is 0 Å². The molecule has 0 fully saturated rings. The van der Waals surface area contributed by atoms with Crippen molar-refractivity contribution in [3.63, 3.8) is 0 Å². The first-order valence-electron chi connectivity index (χ1n) is 5.51. The van der Waals surface area contributed by atoms with Gasteiger partial charge in [0.25, 0.3) is 0 Å². The second-order valence-electron chi connectivity index (χ2n) is 4.27. The molecule has 0 saturated carbocycles. The predicted molar refractivity (Wildman–Crippen MR) is 72.8 cm³/mol. The van der Waals surface area contributed by atoms with Crippen LogP contribution in [0.1, 0.15) is 19.4 Å². The minimum absolute atomic E-state index is 1.33. The normalized spacial score (nSPS) is 19.2. The Morgan fingerprint density at radius 1 is 0.875 bits per heavy atom. The number of rotatable bonds is 1. The molecule has 0 unspecified atom stereocenters. The number of hydrogen-bond acceptors (Lipinski definition) is 0. The van der Waals surface area contributed by atoms with Gasteiger partial charge in [0.1, 0.15) is 0 Å². The molecular formula is C15H13P. The van der Waals surface area contributed by atoms with Crippen molar-refractivity contribution in [1.29, 1.82) is 0 Å². The maximum Gasteiger partial charge on any atom is 0.0129 e. The SMILES string of the molecule is CC1=CC2=C(c3ccccc3)C=C(C)C2=P1. The molecule has 1 heterocycles. The monoisotopic (exact) mass is 224 g/mol. The highest BCUT2D eigenvalue weighted by atomic mass is 31.1. The lowest BCUT2D eigenvalue weighted by Crippen LogP contribution is -1.91. The molecule has 3 rings (SSSR count). The van der Waals surface area contributed by atoms with E-state index in [-0.39, 0.29) is 0 Å². The molecule has 0 saturated heterocycles. The fraction of sp³-hybridized carbons (Fsp3) is 0.133. The van der Waals surface area contributed by atoms with Crippen molar-refractivity contribution >= 4 is 19.1 Å². The Kier molecular flexibility index (Phi) is 2.19. The summed E-state index contributed by atoms with van der Waals surface area (Å²) in [5, 5.41) is 2.95. The van der Waals surface area contributed by atoms with E-state index in [0.717, 1.165) is 0 Å². The summed E-state index contributed by atoms with van der Waals surface area (Å²) in [6, 6.07) is 10.7. The molecule has 16 heavy (non-hydrogen) atoms. The average Bonchev–Trinajstić information content (AvgIpc) is 2.80. The number of benzene rings is 1. The molecule has 1 aromatic carbocycles. The van der Waals surface area contributed by atoms with E-state index in [4.69, 9.17) is 0 Å². The lowest BCUT2D eigenvalue weighted by Gasteiger charge is -2.01. The predicted octanol–water partition coefficient (Wildman–Crippen LogP) is 4.44. The molecule has 0 aromatic heterocycles. The van der Waals surface area contributed by atoms with E-state index in [9.17, 15) is 0 Å². The Labute approximate surface area is 97.8 Å². The highest BCUT2D eigenvalue weighted by Crippen LogP contribution is 2.41. The zero-order valence-corrected chi connectivity index (χ0v) is 10.4. The molecule has 2 aliphatic rings. The van der Waals surface area contributed by atoms with Crippen molar-refractivity contribution < 1.29 is 0 Å². The van der Waals surface area contributed by atoms with E-state index in [1.54, 1.807) is 0 Å². The lowest BCUT2D eigenvalue weighted by molar-refractivity contribution is 1.60. The van der Waals surface area contributed by atoms with Gasteiger partial charge in [0, 0.05) is 5.29 Å². The van der Waals surface area contributed by atoms with Crippen molar-refractivity contribution in [2.75, 3.05) is 0 Å². The maximum atomic E-state index is 2.33. The largest absolute Gasteiger partial charge is 0.0642 e. The quantitative estimate of drug-likeness (QED) is 0.619. The summed E-state index contributed by atoms with van der Waals surface area (Å²) in [7, 11) is 1.39. The number of allylic oxidation sites excluding steroid dienone is 6. The van der Waals surface area contributed by atoms with Crippen molar-refractivity contribution in [2.45, 2.75) is 13.8 Å². The van der Waals surface area contributed by atoms with Crippen LogP contribution in [0, 0.1) is 0 Å². The summed E-state index contributed by atoms with van der Waals surface area (Å²) in [6.07, 6.45) is 4.64. The van der Waals surface area contributed by atoms with Crippen molar-refractivity contribution in [3.8, 4) is 0 Å². The molecule has 1 aromatic rings. The molecular weight excluding hydrogens is 211 g/mol. The van der Waals surface area contributed by atoms with Crippen LogP contribution in [0.2, 0.25) is 0 Å². The van der Waals surface area contributed by atoms with Gasteiger partial charge in [-0.25, -0.2) is 0 Å². The van der Waals surface area contributed by atoms with Crippen molar-refractivity contribution in [2.24, 2.45) is 0 Å². The molecule has 1 heteroatoms. The smallest absolute Gasteiger partial charge is 0.0129 e. The molecule has 0 radical (unpaired) electrons. The fourth-order valence-corrected chi connectivity index (χ4v) is 3.36. The van der Waals surface area contributed by atoms with Crippen LogP contribution < -0.4 is 0 Å². The topological polar surface area (TPSA) is 0 Å². The van der Waals surface area contributed by atoms with Gasteiger partial charge in [0.2, 0.25) is 0 Å². The van der Waals surface area contributed by atoms with Crippen LogP contribution in [0.4, 0.5) is 0 Å². The third kappa shape index (κ3) is 1.42. The van der Waals surface area contributed by atoms with Crippen LogP contribution in [-0.2, 0) is 0 Å². The number of hydrogen-bond donors (Lipinski definition) is 0. The van der Waals surface area contributed by atoms with E-state index >= 15 is 0 Å². The third-order valence-corrected chi connectivity index (χ3v) is 4.30. The van der Waals surface area contributed by atoms with Crippen LogP contribution in [-0.4, -0.2) is 5.29 Å². The zero-order chi connectivity index (χ0) is 11.1. The fourth-order valence-electron chi connectivity index (χ4n) is 2.27. The molecule has 0 nitrogen and oxygen atoms in total. The molecule has 0 amide bonds. The Morgan fingerprint density at radius 3 is 2.38 bits per heavy atom. The van der Waals surface area contributed by atoms with Gasteiger partial charge in [-0.05, 0) is 53.6 Å². The van der Waals surface area contributed by atoms with Crippen LogP contribution in [0.25, 0.3) is 5.57 Å². The van der Waals surface area contributed by atoms with Gasteiger partial charge >= 0.3 is 0 Å². The summed E-state index contributed by atoms with van der Waals surface area (Å²) < 4.78 is 0. The summed E-state index contributed by atoms with van der Waals surface area (Å²) in [5.41, 5.74) is 5.57. The standard InChI is InChI=1S/C15H13P/c1-10-8-13(12-6-4-3-5-7-12)14-9-11(2)16-15(10)14/h3-9H,1-2H3. The Morgan fingerprint density at radius 2 is 1.62 bits per heavy atom. The first-order chi connectivity index (χ1) is 7.75. The summed E-state index contributed by atoms with van der Waals surface area (Å²) in [6.45, 7) is 4.42. The van der Waals surface area contributed by atoms with Gasteiger partial charge in [0.05, 0.1) is 0 Å². The minimum Gasteiger partial charge on any atom is -0.0642 e. The summed E-state index contributed by atoms with van der Waals surface area (Å²) >= 11 is 0. The molecule has 0 spiro atoms. The van der Waals surface area contributed by atoms with Crippen LogP contribution in [0.5, 0.6) is 0 Å². The van der Waals surface area contributed by atoms with Crippen LogP contribution in [0.15, 0.2) is 58.9 Å². The minimum atomic E-state index is 1.33. The summed E-state index contributed by atoms with van der Waals surface area (Å²) in [5.74, 6) is 0. The molecule has 78 valence electrons. The van der Waals surface area contributed by atoms with Gasteiger partial charge in [0.15, 0.2) is 0 Å². The maximum absolute atomic E-state index is 2.33. The molecule has 0 bridgehead atoms. The molecule has 1 aliphatic heterocycles. The average molecular weight is 224 g/mol. The molecule has 0 N–H and O–H groups in total. The van der Waals surface area contributed by atoms with E-state index in [0.29, 0.717) is 0 Å². The van der Waals surface area contributed by atoms with Gasteiger partial charge < -0.3 is 0 Å². The molecule has 0 atom stereocenters. The first kappa shape index (κ1) is 9.81. The highest BCUT2D eigenvalue weighted by molar-refractivity contribution is 7.47. The third-order valence-electron chi connectivity index (χ3n) is 3.01. The van der Waals surface area contributed by atoms with Gasteiger partial charge in [-0.1, -0.05) is 38.5 Å². The van der Waals surface area contributed by atoms with Gasteiger partial charge in [-0.15, -0.1) is 0 Å². The second kappa shape index (κ2) is 3.57. The van der Waals surface area contributed by atoms with Gasteiger partial charge in [-0.2, -0.15) is 0 Å². The zero-order valence-electron chi connectivity index (χ0n) is 9.49. The Hall–Kier alpha value is -1.39. The van der Waals surface area contributed by atoms with Crippen molar-refractivity contribution in [3.05, 3.63) is 64.5 Å². The highest BCUT2D eigenvalue weighted by Gasteiger charge is 2.22. The molecule has 1 aliphatic carbocycles. The Balaban J connectivity index is 2.19. The van der Waals surface area contributed by atoms with Crippen LogP contribution in [0.3, 0.4) is 0 Å². The second-order valence-corrected chi connectivity index (χ2v) is 5.64. The lowest BCUT2D eigenvalue weighted by atomic mass is 10.0. The number of fused-ring (bicyclic) bond motifs is 1. The van der Waals surface area contributed by atoms with E-state index in [1.165, 1.54) is 41.1 Å². The Bertz CT molecular complexity index is 569. The van der Waals surface area contributed by atoms with E-state index in [2.05, 4.69) is 56.3 Å². The van der Waals surface area contributed by atoms with Crippen LogP contribution >= 0.6 is 8.20 Å². The van der Waals surface area contributed by atoms with Crippen molar-refractivity contribution in [1.82, 2.24) is 0 Å². The van der Waals surface area contributed by atoms with Gasteiger partial charge in [-0.3, -0.25) is 0 Å². The van der Waals surface area contributed by atoms with E-state index < -0.39 is 0 Å². The first-order valence-corrected chi connectivity index (χ1v) is 6.41. The summed E-state index contributed by atoms with van der Waals surface area (Å²) in [4.78, 5) is 0.